The maximum Gasteiger partial charge on any atom is 0.490 e. The monoisotopic (exact) mass is 521 g/mol. The Morgan fingerprint density at radius 2 is 1.70 bits per heavy atom. The van der Waals surface area contributed by atoms with E-state index in [2.05, 4.69) is 10.3 Å². The number of carbonyl (C=O) groups excluding carboxylic acids is 1. The third-order valence-corrected chi connectivity index (χ3v) is 6.21. The average Bonchev–Trinajstić information content (AvgIpc) is 3.28. The van der Waals surface area contributed by atoms with Crippen molar-refractivity contribution in [1.82, 2.24) is 24.8 Å². The highest BCUT2D eigenvalue weighted by Gasteiger charge is 2.38. The summed E-state index contributed by atoms with van der Waals surface area (Å²) < 4.78 is 38.9. The maximum absolute atomic E-state index is 13.6. The topological polar surface area (TPSA) is 129 Å². The molecule has 2 saturated heterocycles. The minimum absolute atomic E-state index is 0.120. The summed E-state index contributed by atoms with van der Waals surface area (Å²) in [5, 5.41) is 15.4. The second-order valence-corrected chi connectivity index (χ2v) is 8.64. The van der Waals surface area contributed by atoms with Crippen molar-refractivity contribution in [2.75, 3.05) is 39.4 Å². The number of hydrogen-bond acceptors (Lipinski definition) is 6. The zero-order valence-corrected chi connectivity index (χ0v) is 19.8. The Kier molecular flexibility index (Phi) is 7.93. The van der Waals surface area contributed by atoms with Gasteiger partial charge >= 0.3 is 12.1 Å². The van der Waals surface area contributed by atoms with Crippen molar-refractivity contribution < 1.29 is 32.6 Å². The standard InChI is InChI=1S/C22H25N5O3.C2HF3O2/c28-18-14-17(15-6-8-23-9-7-15)27-21(24-18)19(22(29)26-10-12-30-13-11-26)20(25-27)16-4-2-1-3-5-16;3-2(4,5)1(6)7/h1-5,14-15,23H,6-13H2,(H,24,28);(H,6,7). The summed E-state index contributed by atoms with van der Waals surface area (Å²) >= 11 is 0. The molecule has 2 aliphatic heterocycles. The normalized spacial score (nSPS) is 16.8. The Balaban J connectivity index is 0.000000405. The van der Waals surface area contributed by atoms with E-state index < -0.39 is 12.1 Å². The first-order valence-electron chi connectivity index (χ1n) is 11.8. The highest BCUT2D eigenvalue weighted by molar-refractivity contribution is 6.05. The van der Waals surface area contributed by atoms with Gasteiger partial charge in [-0.2, -0.15) is 18.3 Å². The number of fused-ring (bicyclic) bond motifs is 1. The van der Waals surface area contributed by atoms with E-state index in [1.165, 1.54) is 0 Å². The van der Waals surface area contributed by atoms with Crippen molar-refractivity contribution in [2.24, 2.45) is 0 Å². The fraction of sp³-hybridized carbons (Fsp3) is 0.417. The molecule has 0 aliphatic carbocycles. The molecule has 2 aromatic heterocycles. The smallest absolute Gasteiger partial charge is 0.475 e. The SMILES string of the molecule is O=C(O)C(F)(F)F.O=C(c1c(-c2ccccc2)nn2c(C3CCNCC3)cc(=O)[nH]c12)N1CCOCC1. The summed E-state index contributed by atoms with van der Waals surface area (Å²) in [6.45, 7) is 3.91. The summed E-state index contributed by atoms with van der Waals surface area (Å²) in [5.74, 6) is -2.65. The number of hydrogen-bond donors (Lipinski definition) is 3. The van der Waals surface area contributed by atoms with Gasteiger partial charge in [-0.25, -0.2) is 9.31 Å². The fourth-order valence-corrected chi connectivity index (χ4v) is 4.40. The number of H-pyrrole nitrogens is 1. The molecular formula is C24H26F3N5O5. The zero-order chi connectivity index (χ0) is 26.6. The van der Waals surface area contributed by atoms with Gasteiger partial charge in [0.05, 0.1) is 18.9 Å². The maximum atomic E-state index is 13.6. The molecule has 2 aliphatic rings. The summed E-state index contributed by atoms with van der Waals surface area (Å²) in [4.78, 5) is 39.7. The van der Waals surface area contributed by atoms with Gasteiger partial charge in [-0.3, -0.25) is 9.59 Å². The number of ether oxygens (including phenoxy) is 1. The number of halogens is 3. The Morgan fingerprint density at radius 3 is 2.30 bits per heavy atom. The number of aromatic amines is 1. The van der Waals surface area contributed by atoms with Crippen LogP contribution in [0.3, 0.4) is 0 Å². The van der Waals surface area contributed by atoms with E-state index >= 15 is 0 Å². The van der Waals surface area contributed by atoms with E-state index in [9.17, 15) is 22.8 Å². The number of morpholine rings is 1. The number of carbonyl (C=O) groups is 2. The number of carboxylic acid groups (broad SMARTS) is 1. The first-order valence-corrected chi connectivity index (χ1v) is 11.8. The Bertz CT molecular complexity index is 1310. The lowest BCUT2D eigenvalue weighted by molar-refractivity contribution is -0.192. The van der Waals surface area contributed by atoms with Gasteiger partial charge in [0, 0.05) is 30.6 Å². The summed E-state index contributed by atoms with van der Waals surface area (Å²) in [6.07, 6.45) is -3.21. The molecule has 5 rings (SSSR count). The number of carboxylic acids is 1. The number of piperidine rings is 1. The molecule has 0 unspecified atom stereocenters. The van der Waals surface area contributed by atoms with Crippen molar-refractivity contribution in [2.45, 2.75) is 24.9 Å². The molecule has 1 aromatic carbocycles. The van der Waals surface area contributed by atoms with Crippen LogP contribution in [0.25, 0.3) is 16.9 Å². The second kappa shape index (κ2) is 11.1. The fourth-order valence-electron chi connectivity index (χ4n) is 4.40. The van der Waals surface area contributed by atoms with Crippen LogP contribution in [0, 0.1) is 0 Å². The summed E-state index contributed by atoms with van der Waals surface area (Å²) in [7, 11) is 0. The number of aliphatic carboxylic acids is 1. The number of nitrogens with one attached hydrogen (secondary N) is 2. The second-order valence-electron chi connectivity index (χ2n) is 8.64. The van der Waals surface area contributed by atoms with Crippen LogP contribution >= 0.6 is 0 Å². The minimum Gasteiger partial charge on any atom is -0.475 e. The van der Waals surface area contributed by atoms with Crippen LogP contribution in [-0.4, -0.2) is 82.1 Å². The molecule has 3 aromatic rings. The van der Waals surface area contributed by atoms with Crippen molar-refractivity contribution in [3.63, 3.8) is 0 Å². The summed E-state index contributed by atoms with van der Waals surface area (Å²) in [5.41, 5.74) is 3.06. The van der Waals surface area contributed by atoms with Crippen LogP contribution in [0.5, 0.6) is 0 Å². The lowest BCUT2D eigenvalue weighted by atomic mass is 9.94. The number of benzene rings is 1. The van der Waals surface area contributed by atoms with Gasteiger partial charge in [0.1, 0.15) is 16.9 Å². The first kappa shape index (κ1) is 26.4. The van der Waals surface area contributed by atoms with Crippen LogP contribution in [0.15, 0.2) is 41.2 Å². The molecule has 3 N–H and O–H groups in total. The van der Waals surface area contributed by atoms with Gasteiger partial charge in [0.25, 0.3) is 11.5 Å². The zero-order valence-electron chi connectivity index (χ0n) is 19.8. The van der Waals surface area contributed by atoms with Crippen molar-refractivity contribution in [3.8, 4) is 11.3 Å². The molecule has 198 valence electrons. The number of rotatable bonds is 3. The quantitative estimate of drug-likeness (QED) is 0.482. The van der Waals surface area contributed by atoms with Crippen LogP contribution < -0.4 is 10.9 Å². The molecule has 0 bridgehead atoms. The lowest BCUT2D eigenvalue weighted by Crippen LogP contribution is -2.41. The van der Waals surface area contributed by atoms with E-state index in [0.29, 0.717) is 43.2 Å². The predicted molar refractivity (Wildman–Crippen MR) is 127 cm³/mol. The van der Waals surface area contributed by atoms with Gasteiger partial charge in [0.15, 0.2) is 0 Å². The molecule has 0 radical (unpaired) electrons. The van der Waals surface area contributed by atoms with Gasteiger partial charge < -0.3 is 25.0 Å². The van der Waals surface area contributed by atoms with Crippen LogP contribution in [0.1, 0.15) is 34.8 Å². The van der Waals surface area contributed by atoms with Crippen molar-refractivity contribution in [3.05, 3.63) is 58.0 Å². The number of nitrogens with zero attached hydrogens (tertiary/aromatic N) is 3. The van der Waals surface area contributed by atoms with Crippen LogP contribution in [-0.2, 0) is 9.53 Å². The Hall–Kier alpha value is -3.71. The highest BCUT2D eigenvalue weighted by Crippen LogP contribution is 2.30. The molecule has 1 amide bonds. The van der Waals surface area contributed by atoms with Crippen LogP contribution in [0.2, 0.25) is 0 Å². The molecular weight excluding hydrogens is 495 g/mol. The Labute approximate surface area is 209 Å². The molecule has 2 fully saturated rings. The molecule has 4 heterocycles. The number of alkyl halides is 3. The van der Waals surface area contributed by atoms with E-state index in [4.69, 9.17) is 19.7 Å². The average molecular weight is 521 g/mol. The Morgan fingerprint density at radius 1 is 1.08 bits per heavy atom. The molecule has 13 heteroatoms. The molecule has 10 nitrogen and oxygen atoms in total. The van der Waals surface area contributed by atoms with Crippen molar-refractivity contribution >= 4 is 17.5 Å². The van der Waals surface area contributed by atoms with E-state index in [1.807, 2.05) is 30.3 Å². The summed E-state index contributed by atoms with van der Waals surface area (Å²) in [6, 6.07) is 11.3. The first-order chi connectivity index (χ1) is 17.7. The van der Waals surface area contributed by atoms with Crippen molar-refractivity contribution in [1.29, 1.82) is 0 Å². The highest BCUT2D eigenvalue weighted by atomic mass is 19.4. The van der Waals surface area contributed by atoms with Gasteiger partial charge in [-0.15, -0.1) is 0 Å². The van der Waals surface area contributed by atoms with E-state index in [0.717, 1.165) is 37.2 Å². The van der Waals surface area contributed by atoms with Gasteiger partial charge in [0.2, 0.25) is 0 Å². The van der Waals surface area contributed by atoms with Gasteiger partial charge in [-0.1, -0.05) is 30.3 Å². The van der Waals surface area contributed by atoms with Crippen LogP contribution in [0.4, 0.5) is 13.2 Å². The molecule has 0 spiro atoms. The molecule has 37 heavy (non-hydrogen) atoms. The van der Waals surface area contributed by atoms with Gasteiger partial charge in [-0.05, 0) is 25.9 Å². The molecule has 0 saturated carbocycles. The third-order valence-electron chi connectivity index (χ3n) is 6.21. The largest absolute Gasteiger partial charge is 0.490 e. The lowest BCUT2D eigenvalue weighted by Gasteiger charge is -2.27. The molecule has 0 atom stereocenters. The van der Waals surface area contributed by atoms with E-state index in [1.54, 1.807) is 15.5 Å². The minimum atomic E-state index is -5.08. The van der Waals surface area contributed by atoms with E-state index in [-0.39, 0.29) is 17.4 Å². The predicted octanol–water partition coefficient (Wildman–Crippen LogP) is 2.26. The number of amides is 1. The number of aromatic nitrogens is 3. The third kappa shape index (κ3) is 6.00.